The molecule has 1 amide bonds. The quantitative estimate of drug-likeness (QED) is 0.665. The number of anilines is 1. The van der Waals surface area contributed by atoms with E-state index in [0.717, 1.165) is 37.9 Å². The molecule has 1 aliphatic rings. The summed E-state index contributed by atoms with van der Waals surface area (Å²) in [5.41, 5.74) is 2.59. The second-order valence-corrected chi connectivity index (χ2v) is 9.89. The Morgan fingerprint density at radius 2 is 1.73 bits per heavy atom. The zero-order chi connectivity index (χ0) is 21.6. The van der Waals surface area contributed by atoms with Gasteiger partial charge in [-0.15, -0.1) is 11.3 Å². The lowest BCUT2D eigenvalue weighted by Crippen LogP contribution is -2.48. The Morgan fingerprint density at radius 3 is 2.37 bits per heavy atom. The summed E-state index contributed by atoms with van der Waals surface area (Å²) in [4.78, 5) is 28.5. The van der Waals surface area contributed by atoms with Crippen LogP contribution in [0.2, 0.25) is 0 Å². The molecule has 1 saturated heterocycles. The molecule has 0 spiro atoms. The number of phenolic OH excluding ortho intramolecular Hbond substituents is 1. The molecule has 3 heterocycles. The number of aromatic hydroxyl groups is 1. The summed E-state index contributed by atoms with van der Waals surface area (Å²) >= 11 is 1.47. The third kappa shape index (κ3) is 3.62. The van der Waals surface area contributed by atoms with Gasteiger partial charge in [-0.05, 0) is 31.5 Å². The SMILES string of the molecule is Cc1nc(C(C)(C)C)nc2sc(C(=O)N3CCN(c4ccccc4O)CC3)c(C)c12. The first-order chi connectivity index (χ1) is 14.2. The van der Waals surface area contributed by atoms with Crippen molar-refractivity contribution in [1.29, 1.82) is 0 Å². The molecular formula is C23H28N4O2S. The Labute approximate surface area is 181 Å². The standard InChI is InChI=1S/C23H28N4O2S/c1-14-18-15(2)24-22(23(3,4)5)25-20(18)30-19(14)21(29)27-12-10-26(11-13-27)16-8-6-7-9-17(16)28/h6-9,28H,10-13H2,1-5H3. The van der Waals surface area contributed by atoms with Crippen LogP contribution in [0.1, 0.15) is 47.5 Å². The van der Waals surface area contributed by atoms with Gasteiger partial charge in [0.2, 0.25) is 0 Å². The van der Waals surface area contributed by atoms with Gasteiger partial charge < -0.3 is 14.9 Å². The van der Waals surface area contributed by atoms with Crippen molar-refractivity contribution in [3.05, 3.63) is 46.2 Å². The molecule has 30 heavy (non-hydrogen) atoms. The van der Waals surface area contributed by atoms with E-state index in [-0.39, 0.29) is 17.1 Å². The van der Waals surface area contributed by atoms with Crippen LogP contribution in [0.15, 0.2) is 24.3 Å². The molecule has 1 aliphatic heterocycles. The number of para-hydroxylation sites is 2. The normalized spacial score (nSPS) is 15.1. The fraction of sp³-hybridized carbons (Fsp3) is 0.435. The van der Waals surface area contributed by atoms with Gasteiger partial charge >= 0.3 is 0 Å². The van der Waals surface area contributed by atoms with Crippen LogP contribution in [0.4, 0.5) is 5.69 Å². The summed E-state index contributed by atoms with van der Waals surface area (Å²) in [5, 5.41) is 11.1. The number of amides is 1. The topological polar surface area (TPSA) is 69.6 Å². The zero-order valence-corrected chi connectivity index (χ0v) is 19.0. The number of hydrogen-bond acceptors (Lipinski definition) is 6. The molecule has 0 saturated carbocycles. The van der Waals surface area contributed by atoms with E-state index in [4.69, 9.17) is 9.97 Å². The monoisotopic (exact) mass is 424 g/mol. The van der Waals surface area contributed by atoms with Crippen molar-refractivity contribution < 1.29 is 9.90 Å². The van der Waals surface area contributed by atoms with E-state index >= 15 is 0 Å². The van der Waals surface area contributed by atoms with Gasteiger partial charge in [-0.3, -0.25) is 4.79 Å². The van der Waals surface area contributed by atoms with Gasteiger partial charge in [0.15, 0.2) is 0 Å². The van der Waals surface area contributed by atoms with Crippen molar-refractivity contribution in [3.8, 4) is 5.75 Å². The maximum atomic E-state index is 13.3. The molecule has 0 aliphatic carbocycles. The van der Waals surface area contributed by atoms with E-state index in [2.05, 4.69) is 25.7 Å². The fourth-order valence-electron chi connectivity index (χ4n) is 3.90. The molecule has 1 N–H and O–H groups in total. The number of hydrogen-bond donors (Lipinski definition) is 1. The van der Waals surface area contributed by atoms with Crippen LogP contribution in [0.5, 0.6) is 5.75 Å². The van der Waals surface area contributed by atoms with E-state index in [1.807, 2.05) is 36.9 Å². The maximum absolute atomic E-state index is 13.3. The number of carbonyl (C=O) groups excluding carboxylic acids is 1. The molecule has 158 valence electrons. The van der Waals surface area contributed by atoms with Gasteiger partial charge in [0, 0.05) is 37.0 Å². The van der Waals surface area contributed by atoms with Gasteiger partial charge in [-0.2, -0.15) is 0 Å². The lowest BCUT2D eigenvalue weighted by Gasteiger charge is -2.36. The summed E-state index contributed by atoms with van der Waals surface area (Å²) < 4.78 is 0. The summed E-state index contributed by atoms with van der Waals surface area (Å²) in [5.74, 6) is 1.15. The Morgan fingerprint density at radius 1 is 1.07 bits per heavy atom. The number of benzene rings is 1. The summed E-state index contributed by atoms with van der Waals surface area (Å²) in [6.45, 7) is 12.9. The summed E-state index contributed by atoms with van der Waals surface area (Å²) in [7, 11) is 0. The highest BCUT2D eigenvalue weighted by molar-refractivity contribution is 7.20. The molecule has 0 radical (unpaired) electrons. The minimum atomic E-state index is -0.139. The minimum Gasteiger partial charge on any atom is -0.506 e. The van der Waals surface area contributed by atoms with E-state index in [1.54, 1.807) is 6.07 Å². The van der Waals surface area contributed by atoms with Gasteiger partial charge in [0.25, 0.3) is 5.91 Å². The molecule has 3 aromatic rings. The van der Waals surface area contributed by atoms with Crippen molar-refractivity contribution in [2.75, 3.05) is 31.1 Å². The Hall–Kier alpha value is -2.67. The summed E-state index contributed by atoms with van der Waals surface area (Å²) in [6, 6.07) is 7.35. The number of phenols is 1. The highest BCUT2D eigenvalue weighted by Crippen LogP contribution is 2.34. The number of fused-ring (bicyclic) bond motifs is 1. The smallest absolute Gasteiger partial charge is 0.264 e. The molecule has 1 aromatic carbocycles. The number of carbonyl (C=O) groups is 1. The van der Waals surface area contributed by atoms with Crippen LogP contribution in [-0.4, -0.2) is 52.1 Å². The number of nitrogens with zero attached hydrogens (tertiary/aromatic N) is 4. The van der Waals surface area contributed by atoms with Crippen LogP contribution in [0.3, 0.4) is 0 Å². The van der Waals surface area contributed by atoms with Crippen LogP contribution in [0.25, 0.3) is 10.2 Å². The lowest BCUT2D eigenvalue weighted by atomic mass is 9.95. The Kier molecular flexibility index (Phi) is 5.18. The minimum absolute atomic E-state index is 0.0594. The predicted molar refractivity (Wildman–Crippen MR) is 122 cm³/mol. The average molecular weight is 425 g/mol. The second-order valence-electron chi connectivity index (χ2n) is 8.89. The molecule has 2 aromatic heterocycles. The van der Waals surface area contributed by atoms with Gasteiger partial charge in [-0.1, -0.05) is 32.9 Å². The van der Waals surface area contributed by atoms with Gasteiger partial charge in [0.05, 0.1) is 16.3 Å². The fourth-order valence-corrected chi connectivity index (χ4v) is 5.10. The molecular weight excluding hydrogens is 396 g/mol. The van der Waals surface area contributed by atoms with E-state index in [9.17, 15) is 9.90 Å². The molecule has 4 rings (SSSR count). The van der Waals surface area contributed by atoms with Crippen LogP contribution in [0, 0.1) is 13.8 Å². The Bertz CT molecular complexity index is 1110. The third-order valence-corrected chi connectivity index (χ3v) is 6.80. The maximum Gasteiger partial charge on any atom is 0.264 e. The van der Waals surface area contributed by atoms with Crippen LogP contribution < -0.4 is 4.90 Å². The first-order valence-corrected chi connectivity index (χ1v) is 11.1. The first kappa shape index (κ1) is 20.6. The number of aromatic nitrogens is 2. The van der Waals surface area contributed by atoms with E-state index in [1.165, 1.54) is 11.3 Å². The predicted octanol–water partition coefficient (Wildman–Crippen LogP) is 4.27. The summed E-state index contributed by atoms with van der Waals surface area (Å²) in [6.07, 6.45) is 0. The van der Waals surface area contributed by atoms with Crippen molar-refractivity contribution in [3.63, 3.8) is 0 Å². The van der Waals surface area contributed by atoms with Gasteiger partial charge in [0.1, 0.15) is 16.4 Å². The molecule has 0 unspecified atom stereocenters. The van der Waals surface area contributed by atoms with E-state index in [0.29, 0.717) is 26.2 Å². The zero-order valence-electron chi connectivity index (χ0n) is 18.2. The second kappa shape index (κ2) is 7.54. The number of piperazine rings is 1. The molecule has 0 bridgehead atoms. The number of thiophene rings is 1. The van der Waals surface area contributed by atoms with Gasteiger partial charge in [-0.25, -0.2) is 9.97 Å². The van der Waals surface area contributed by atoms with Crippen molar-refractivity contribution in [2.45, 2.75) is 40.0 Å². The average Bonchev–Trinajstić information content (AvgIpc) is 3.04. The van der Waals surface area contributed by atoms with Crippen LogP contribution >= 0.6 is 11.3 Å². The van der Waals surface area contributed by atoms with Crippen molar-refractivity contribution in [2.24, 2.45) is 0 Å². The lowest BCUT2D eigenvalue weighted by molar-refractivity contribution is 0.0751. The number of aryl methyl sites for hydroxylation is 2. The van der Waals surface area contributed by atoms with E-state index < -0.39 is 0 Å². The molecule has 7 heteroatoms. The highest BCUT2D eigenvalue weighted by Gasteiger charge is 2.28. The third-order valence-electron chi connectivity index (χ3n) is 5.63. The molecule has 1 fully saturated rings. The first-order valence-electron chi connectivity index (χ1n) is 10.3. The molecule has 6 nitrogen and oxygen atoms in total. The van der Waals surface area contributed by atoms with Crippen LogP contribution in [-0.2, 0) is 5.41 Å². The van der Waals surface area contributed by atoms with Crippen molar-refractivity contribution in [1.82, 2.24) is 14.9 Å². The number of rotatable bonds is 2. The Balaban J connectivity index is 1.58. The van der Waals surface area contributed by atoms with Crippen molar-refractivity contribution >= 4 is 33.1 Å². The molecule has 0 atom stereocenters. The highest BCUT2D eigenvalue weighted by atomic mass is 32.1. The largest absolute Gasteiger partial charge is 0.506 e.